The standard InChI is InChI=1S/C24H32N4O5/c1-4-16(27-24(32)19-13-15-17(26-19)9-6-10-21(15)33-3)23(31)28-18(20(29)5-2)12-14-8-7-11-25-22(14)30/h6,9-10,13-14,16,18,26H,4-5,7-8,11-12H2,1-3H3,(H,25,30)(H,27,32)(H,28,31)/t14-,16-,18-/m0/s1. The van der Waals surface area contributed by atoms with Gasteiger partial charge in [0.15, 0.2) is 5.78 Å². The number of methoxy groups -OCH3 is 1. The summed E-state index contributed by atoms with van der Waals surface area (Å²) in [6.07, 6.45) is 2.39. The predicted octanol–water partition coefficient (Wildman–Crippen LogP) is 2.07. The Bertz CT molecular complexity index is 1030. The summed E-state index contributed by atoms with van der Waals surface area (Å²) in [4.78, 5) is 53.5. The van der Waals surface area contributed by atoms with Crippen molar-refractivity contribution in [3.8, 4) is 5.75 Å². The Hall–Kier alpha value is -3.36. The molecule has 0 radical (unpaired) electrons. The number of nitrogens with one attached hydrogen (secondary N) is 4. The summed E-state index contributed by atoms with van der Waals surface area (Å²) in [5.41, 5.74) is 1.05. The maximum absolute atomic E-state index is 13.0. The first-order chi connectivity index (χ1) is 15.9. The van der Waals surface area contributed by atoms with Gasteiger partial charge in [0, 0.05) is 29.8 Å². The third kappa shape index (κ3) is 5.71. The number of aromatic nitrogens is 1. The van der Waals surface area contributed by atoms with E-state index < -0.39 is 23.9 Å². The summed E-state index contributed by atoms with van der Waals surface area (Å²) in [6, 6.07) is 5.55. The average Bonchev–Trinajstić information content (AvgIpc) is 3.27. The molecule has 0 aliphatic carbocycles. The van der Waals surface area contributed by atoms with Crippen LogP contribution in [0.15, 0.2) is 24.3 Å². The molecule has 2 aromatic rings. The van der Waals surface area contributed by atoms with Gasteiger partial charge in [-0.2, -0.15) is 0 Å². The van der Waals surface area contributed by atoms with Crippen molar-refractivity contribution in [1.29, 1.82) is 0 Å². The topological polar surface area (TPSA) is 129 Å². The average molecular weight is 457 g/mol. The summed E-state index contributed by atoms with van der Waals surface area (Å²) in [5, 5.41) is 9.10. The van der Waals surface area contributed by atoms with Gasteiger partial charge in [0.2, 0.25) is 11.8 Å². The Morgan fingerprint density at radius 1 is 1.18 bits per heavy atom. The molecule has 1 aromatic heterocycles. The van der Waals surface area contributed by atoms with Crippen LogP contribution >= 0.6 is 0 Å². The van der Waals surface area contributed by atoms with Gasteiger partial charge in [-0.05, 0) is 43.9 Å². The summed E-state index contributed by atoms with van der Waals surface area (Å²) < 4.78 is 5.33. The highest BCUT2D eigenvalue weighted by Gasteiger charge is 2.31. The molecule has 0 unspecified atom stereocenters. The van der Waals surface area contributed by atoms with Crippen LogP contribution in [0.4, 0.5) is 0 Å². The summed E-state index contributed by atoms with van der Waals surface area (Å²) in [5.74, 6) is -0.761. The van der Waals surface area contributed by atoms with Gasteiger partial charge in [0.1, 0.15) is 17.5 Å². The zero-order valence-corrected chi connectivity index (χ0v) is 19.3. The number of amides is 3. The van der Waals surface area contributed by atoms with Gasteiger partial charge in [0.05, 0.1) is 13.2 Å². The number of fused-ring (bicyclic) bond motifs is 1. The van der Waals surface area contributed by atoms with Crippen molar-refractivity contribution in [2.45, 2.75) is 58.0 Å². The molecule has 3 atom stereocenters. The van der Waals surface area contributed by atoms with Crippen LogP contribution in [0.2, 0.25) is 0 Å². The van der Waals surface area contributed by atoms with Crippen molar-refractivity contribution < 1.29 is 23.9 Å². The Balaban J connectivity index is 1.69. The Labute approximate surface area is 193 Å². The number of hydrogen-bond acceptors (Lipinski definition) is 5. The SMILES string of the molecule is CCC(=O)[C@H](C[C@@H]1CCCNC1=O)NC(=O)[C@H](CC)NC(=O)c1cc2c(OC)cccc2[nH]1. The number of hydrogen-bond donors (Lipinski definition) is 4. The number of H-pyrrole nitrogens is 1. The monoisotopic (exact) mass is 456 g/mol. The highest BCUT2D eigenvalue weighted by molar-refractivity contribution is 6.02. The molecule has 9 nitrogen and oxygen atoms in total. The number of carbonyl (C=O) groups excluding carboxylic acids is 4. The lowest BCUT2D eigenvalue weighted by Gasteiger charge is -2.27. The van der Waals surface area contributed by atoms with Crippen LogP contribution in [0.1, 0.15) is 56.4 Å². The predicted molar refractivity (Wildman–Crippen MR) is 124 cm³/mol. The van der Waals surface area contributed by atoms with E-state index in [0.717, 1.165) is 17.3 Å². The summed E-state index contributed by atoms with van der Waals surface area (Å²) in [6.45, 7) is 4.15. The molecule has 2 heterocycles. The van der Waals surface area contributed by atoms with Crippen molar-refractivity contribution >= 4 is 34.4 Å². The van der Waals surface area contributed by atoms with Crippen LogP contribution in [0.5, 0.6) is 5.75 Å². The Morgan fingerprint density at radius 2 is 1.97 bits per heavy atom. The third-order valence-corrected chi connectivity index (χ3v) is 6.09. The number of benzene rings is 1. The van der Waals surface area contributed by atoms with Crippen LogP contribution in [-0.2, 0) is 14.4 Å². The van der Waals surface area contributed by atoms with E-state index in [1.807, 2.05) is 12.1 Å². The van der Waals surface area contributed by atoms with E-state index in [-0.39, 0.29) is 30.4 Å². The Kier molecular flexibility index (Phi) is 8.08. The number of piperidine rings is 1. The molecule has 1 aromatic carbocycles. The zero-order valence-electron chi connectivity index (χ0n) is 19.3. The fourth-order valence-corrected chi connectivity index (χ4v) is 4.15. The van der Waals surface area contributed by atoms with Crippen molar-refractivity contribution in [3.05, 3.63) is 30.0 Å². The molecule has 9 heteroatoms. The molecule has 4 N–H and O–H groups in total. The molecular weight excluding hydrogens is 424 g/mol. The first kappa shape index (κ1) is 24.3. The van der Waals surface area contributed by atoms with Crippen LogP contribution < -0.4 is 20.7 Å². The normalized spacial score (nSPS) is 17.7. The maximum atomic E-state index is 13.0. The second-order valence-electron chi connectivity index (χ2n) is 8.29. The molecule has 1 saturated heterocycles. The number of carbonyl (C=O) groups is 4. The zero-order chi connectivity index (χ0) is 24.0. The molecule has 0 bridgehead atoms. The van der Waals surface area contributed by atoms with Gasteiger partial charge >= 0.3 is 0 Å². The van der Waals surface area contributed by atoms with E-state index >= 15 is 0 Å². The number of aromatic amines is 1. The second-order valence-corrected chi connectivity index (χ2v) is 8.29. The van der Waals surface area contributed by atoms with Crippen molar-refractivity contribution in [2.24, 2.45) is 5.92 Å². The van der Waals surface area contributed by atoms with Gasteiger partial charge in [-0.25, -0.2) is 0 Å². The van der Waals surface area contributed by atoms with E-state index in [4.69, 9.17) is 4.74 Å². The molecule has 33 heavy (non-hydrogen) atoms. The fraction of sp³-hybridized carbons (Fsp3) is 0.500. The summed E-state index contributed by atoms with van der Waals surface area (Å²) in [7, 11) is 1.56. The lowest BCUT2D eigenvalue weighted by molar-refractivity contribution is -0.131. The molecule has 0 spiro atoms. The lowest BCUT2D eigenvalue weighted by atomic mass is 9.89. The fourth-order valence-electron chi connectivity index (χ4n) is 4.15. The Morgan fingerprint density at radius 3 is 2.64 bits per heavy atom. The molecule has 1 aliphatic heterocycles. The molecule has 3 rings (SSSR count). The van der Waals surface area contributed by atoms with Gasteiger partial charge in [0.25, 0.3) is 5.91 Å². The molecule has 1 aliphatic rings. The first-order valence-electron chi connectivity index (χ1n) is 11.4. The first-order valence-corrected chi connectivity index (χ1v) is 11.4. The highest BCUT2D eigenvalue weighted by atomic mass is 16.5. The van der Waals surface area contributed by atoms with E-state index in [0.29, 0.717) is 30.8 Å². The van der Waals surface area contributed by atoms with Crippen molar-refractivity contribution in [3.63, 3.8) is 0 Å². The van der Waals surface area contributed by atoms with Crippen molar-refractivity contribution in [2.75, 3.05) is 13.7 Å². The van der Waals surface area contributed by atoms with Gasteiger partial charge < -0.3 is 25.7 Å². The van der Waals surface area contributed by atoms with E-state index in [2.05, 4.69) is 20.9 Å². The number of rotatable bonds is 10. The van der Waals surface area contributed by atoms with Crippen molar-refractivity contribution in [1.82, 2.24) is 20.9 Å². The van der Waals surface area contributed by atoms with Crippen LogP contribution in [0.3, 0.4) is 0 Å². The minimum absolute atomic E-state index is 0.0843. The molecule has 1 fully saturated rings. The second kappa shape index (κ2) is 11.0. The third-order valence-electron chi connectivity index (χ3n) is 6.09. The largest absolute Gasteiger partial charge is 0.496 e. The number of ketones is 1. The smallest absolute Gasteiger partial charge is 0.268 e. The summed E-state index contributed by atoms with van der Waals surface area (Å²) >= 11 is 0. The minimum atomic E-state index is -0.821. The number of Topliss-reactive ketones (excluding diaryl/α,β-unsaturated/α-hetero) is 1. The van der Waals surface area contributed by atoms with Gasteiger partial charge in [-0.1, -0.05) is 19.9 Å². The molecule has 0 saturated carbocycles. The van der Waals surface area contributed by atoms with Crippen LogP contribution in [0, 0.1) is 5.92 Å². The van der Waals surface area contributed by atoms with E-state index in [9.17, 15) is 19.2 Å². The maximum Gasteiger partial charge on any atom is 0.268 e. The van der Waals surface area contributed by atoms with E-state index in [1.165, 1.54) is 0 Å². The molecule has 178 valence electrons. The lowest BCUT2D eigenvalue weighted by Crippen LogP contribution is -2.52. The molecule has 3 amide bonds. The highest BCUT2D eigenvalue weighted by Crippen LogP contribution is 2.26. The minimum Gasteiger partial charge on any atom is -0.496 e. The van der Waals surface area contributed by atoms with Crippen LogP contribution in [-0.4, -0.2) is 54.2 Å². The van der Waals surface area contributed by atoms with Gasteiger partial charge in [-0.3, -0.25) is 19.2 Å². The number of ether oxygens (including phenoxy) is 1. The quantitative estimate of drug-likeness (QED) is 0.435. The van der Waals surface area contributed by atoms with E-state index in [1.54, 1.807) is 33.1 Å². The van der Waals surface area contributed by atoms with Crippen LogP contribution in [0.25, 0.3) is 10.9 Å². The van der Waals surface area contributed by atoms with Gasteiger partial charge in [-0.15, -0.1) is 0 Å². The molecular formula is C24H32N4O5.